The number of rotatable bonds is 2. The highest BCUT2D eigenvalue weighted by molar-refractivity contribution is 7.92. The van der Waals surface area contributed by atoms with Gasteiger partial charge in [-0.15, -0.1) is 0 Å². The molecule has 26 heavy (non-hydrogen) atoms. The molecule has 4 rings (SSSR count). The average molecular weight is 375 g/mol. The maximum absolute atomic E-state index is 15.1. The number of halogens is 1. The molecule has 1 fully saturated rings. The Hall–Kier alpha value is -2.83. The van der Waals surface area contributed by atoms with Gasteiger partial charge in [-0.05, 0) is 30.7 Å². The monoisotopic (exact) mass is 375 g/mol. The minimum Gasteiger partial charge on any atom is -0.506 e. The van der Waals surface area contributed by atoms with Crippen LogP contribution in [0.15, 0.2) is 18.2 Å². The summed E-state index contributed by atoms with van der Waals surface area (Å²) in [4.78, 5) is 11.4. The van der Waals surface area contributed by atoms with Crippen molar-refractivity contribution in [2.24, 2.45) is 0 Å². The molecule has 0 radical (unpaired) electrons. The molecule has 0 aromatic heterocycles. The van der Waals surface area contributed by atoms with Crippen molar-refractivity contribution in [1.82, 2.24) is 10.0 Å². The van der Waals surface area contributed by atoms with Crippen molar-refractivity contribution in [2.75, 3.05) is 23.9 Å². The number of phenolic OH excluding ortho intramolecular Hbond substituents is 1. The molecule has 2 aliphatic heterocycles. The van der Waals surface area contributed by atoms with E-state index in [1.54, 1.807) is 10.8 Å². The highest BCUT2D eigenvalue weighted by Gasteiger charge is 2.37. The molecule has 1 saturated heterocycles. The van der Waals surface area contributed by atoms with Crippen molar-refractivity contribution in [3.05, 3.63) is 41.7 Å². The van der Waals surface area contributed by atoms with Gasteiger partial charge in [0.05, 0.1) is 0 Å². The zero-order valence-electron chi connectivity index (χ0n) is 13.5. The van der Waals surface area contributed by atoms with E-state index in [4.69, 9.17) is 0 Å². The standard InChI is InChI=1S/C17H14FN3O4S/c18-16-13-7-11(10-3-5-19-6-4-10)1-2-12(13)8-14(22)17(16)21-9-15(23)20-26(21,24)25/h3,7-8,19,22H,4-6,9H2,(H,20,23). The summed E-state index contributed by atoms with van der Waals surface area (Å²) in [7, 11) is -4.24. The maximum atomic E-state index is 15.1. The number of anilines is 1. The fourth-order valence-electron chi connectivity index (χ4n) is 3.12. The minimum absolute atomic E-state index is 0.0977. The molecule has 9 heteroatoms. The topological polar surface area (TPSA) is 98.7 Å². The summed E-state index contributed by atoms with van der Waals surface area (Å²) in [5.74, 6) is -2.31. The van der Waals surface area contributed by atoms with Gasteiger partial charge in [0, 0.05) is 22.9 Å². The van der Waals surface area contributed by atoms with Gasteiger partial charge in [0.15, 0.2) is 5.82 Å². The maximum Gasteiger partial charge on any atom is 0.326 e. The summed E-state index contributed by atoms with van der Waals surface area (Å²) < 4.78 is 41.4. The predicted molar refractivity (Wildman–Crippen MR) is 93.1 cm³/mol. The van der Waals surface area contributed by atoms with Gasteiger partial charge in [0.25, 0.3) is 5.91 Å². The third kappa shape index (κ3) is 2.64. The number of hydrogen-bond donors (Lipinski definition) is 3. The Morgan fingerprint density at radius 2 is 2.08 bits per heavy atom. The fraction of sp³-hybridized carbons (Fsp3) is 0.235. The molecule has 1 amide bonds. The van der Waals surface area contributed by atoms with E-state index in [1.165, 1.54) is 6.07 Å². The zero-order chi connectivity index (χ0) is 18.5. The number of fused-ring (bicyclic) bond motifs is 1. The molecular weight excluding hydrogens is 361 g/mol. The SMILES string of the molecule is O=C1CN(c2c(O)cc3c#cc(C4=CCNCC4)cc3c2F)S(=O)(=O)N1. The summed E-state index contributed by atoms with van der Waals surface area (Å²) >= 11 is 0. The van der Waals surface area contributed by atoms with Crippen LogP contribution in [0.4, 0.5) is 10.1 Å². The van der Waals surface area contributed by atoms with Gasteiger partial charge in [0.2, 0.25) is 0 Å². The smallest absolute Gasteiger partial charge is 0.326 e. The van der Waals surface area contributed by atoms with Crippen LogP contribution < -0.4 is 14.3 Å². The molecule has 2 heterocycles. The zero-order valence-corrected chi connectivity index (χ0v) is 14.3. The number of benzene rings is 1. The van der Waals surface area contributed by atoms with Gasteiger partial charge >= 0.3 is 10.2 Å². The number of nitrogens with zero attached hydrogens (tertiary/aromatic N) is 1. The van der Waals surface area contributed by atoms with E-state index < -0.39 is 39.9 Å². The molecule has 0 saturated carbocycles. The first kappa shape index (κ1) is 16.6. The molecule has 2 aromatic rings. The number of hydrogen-bond acceptors (Lipinski definition) is 5. The van der Waals surface area contributed by atoms with Crippen molar-refractivity contribution in [1.29, 1.82) is 0 Å². The third-order valence-electron chi connectivity index (χ3n) is 4.36. The van der Waals surface area contributed by atoms with Crippen molar-refractivity contribution in [3.8, 4) is 5.75 Å². The molecule has 0 aliphatic carbocycles. The van der Waals surface area contributed by atoms with Gasteiger partial charge in [-0.2, -0.15) is 8.42 Å². The van der Waals surface area contributed by atoms with E-state index >= 15 is 4.39 Å². The summed E-state index contributed by atoms with van der Waals surface area (Å²) in [5, 5.41) is 13.7. The third-order valence-corrected chi connectivity index (χ3v) is 5.74. The summed E-state index contributed by atoms with van der Waals surface area (Å²) in [6.45, 7) is 0.899. The molecule has 7 nitrogen and oxygen atoms in total. The van der Waals surface area contributed by atoms with Crippen LogP contribution >= 0.6 is 0 Å². The first-order valence-electron chi connectivity index (χ1n) is 7.89. The molecule has 3 N–H and O–H groups in total. The van der Waals surface area contributed by atoms with Crippen molar-refractivity contribution in [2.45, 2.75) is 6.42 Å². The van der Waals surface area contributed by atoms with Crippen LogP contribution in [0.1, 0.15) is 12.0 Å². The lowest BCUT2D eigenvalue weighted by Crippen LogP contribution is -2.30. The molecule has 0 spiro atoms. The minimum atomic E-state index is -4.24. The Morgan fingerprint density at radius 3 is 2.73 bits per heavy atom. The van der Waals surface area contributed by atoms with Crippen molar-refractivity contribution < 1.29 is 22.7 Å². The van der Waals surface area contributed by atoms with Crippen LogP contribution in [-0.2, 0) is 15.0 Å². The number of carbonyl (C=O) groups excluding carboxylic acids is 1. The van der Waals surface area contributed by atoms with Gasteiger partial charge in [-0.25, -0.2) is 13.4 Å². The van der Waals surface area contributed by atoms with Crippen molar-refractivity contribution in [3.63, 3.8) is 0 Å². The highest BCUT2D eigenvalue weighted by Crippen LogP contribution is 2.38. The second-order valence-electron chi connectivity index (χ2n) is 6.05. The lowest BCUT2D eigenvalue weighted by molar-refractivity contribution is -0.117. The molecule has 134 valence electrons. The van der Waals surface area contributed by atoms with E-state index in [0.717, 1.165) is 18.5 Å². The van der Waals surface area contributed by atoms with Gasteiger partial charge in [-0.1, -0.05) is 18.2 Å². The quantitative estimate of drug-likeness (QED) is 0.723. The molecule has 2 aromatic carbocycles. The first-order valence-corrected chi connectivity index (χ1v) is 9.33. The van der Waals surface area contributed by atoms with E-state index in [9.17, 15) is 18.3 Å². The molecule has 2 aliphatic rings. The van der Waals surface area contributed by atoms with Crippen LogP contribution in [0, 0.1) is 17.9 Å². The fourth-order valence-corrected chi connectivity index (χ4v) is 4.29. The Morgan fingerprint density at radius 1 is 1.27 bits per heavy atom. The lowest BCUT2D eigenvalue weighted by Gasteiger charge is -2.18. The van der Waals surface area contributed by atoms with Gasteiger partial charge in [-0.3, -0.25) is 4.79 Å². The number of carbonyl (C=O) groups is 1. The summed E-state index contributed by atoms with van der Waals surface area (Å²) in [6.07, 6.45) is 2.73. The van der Waals surface area contributed by atoms with Gasteiger partial charge < -0.3 is 10.4 Å². The molecular formula is C17H14FN3O4S. The lowest BCUT2D eigenvalue weighted by atomic mass is 9.98. The van der Waals surface area contributed by atoms with Crippen LogP contribution in [0.2, 0.25) is 0 Å². The van der Waals surface area contributed by atoms with E-state index in [2.05, 4.69) is 17.4 Å². The Bertz CT molecular complexity index is 1070. The highest BCUT2D eigenvalue weighted by atomic mass is 32.2. The second-order valence-corrected chi connectivity index (χ2v) is 7.64. The van der Waals surface area contributed by atoms with Crippen LogP contribution in [-0.4, -0.2) is 39.1 Å². The molecule has 0 bridgehead atoms. The number of phenols is 1. The van der Waals surface area contributed by atoms with Crippen molar-refractivity contribution >= 4 is 38.1 Å². The first-order chi connectivity index (χ1) is 12.4. The molecule has 0 unspecified atom stereocenters. The normalized spacial score (nSPS) is 19.2. The van der Waals surface area contributed by atoms with Crippen LogP contribution in [0.5, 0.6) is 5.75 Å². The second kappa shape index (κ2) is 5.86. The average Bonchev–Trinajstić information content (AvgIpc) is 2.88. The van der Waals surface area contributed by atoms with Gasteiger partial charge in [0.1, 0.15) is 18.0 Å². The number of nitrogens with one attached hydrogen (secondary N) is 2. The largest absolute Gasteiger partial charge is 0.506 e. The Kier molecular flexibility index (Phi) is 3.75. The predicted octanol–water partition coefficient (Wildman–Crippen LogP) is 0.843. The Labute approximate surface area is 149 Å². The summed E-state index contributed by atoms with van der Waals surface area (Å²) in [5.41, 5.74) is 1.09. The van der Waals surface area contributed by atoms with E-state index in [-0.39, 0.29) is 10.8 Å². The summed E-state index contributed by atoms with van der Waals surface area (Å²) in [6, 6.07) is 8.53. The van der Waals surface area contributed by atoms with Crippen LogP contribution in [0.25, 0.3) is 16.3 Å². The van der Waals surface area contributed by atoms with E-state index in [0.29, 0.717) is 16.4 Å². The van der Waals surface area contributed by atoms with Crippen LogP contribution in [0.3, 0.4) is 0 Å². The molecule has 0 atom stereocenters. The van der Waals surface area contributed by atoms with E-state index in [1.807, 2.05) is 6.08 Å². The number of aromatic hydroxyl groups is 1. The Balaban J connectivity index is 1.89. The number of amides is 1.